The second-order valence-corrected chi connectivity index (χ2v) is 4.49. The topological polar surface area (TPSA) is 64.1 Å². The first-order chi connectivity index (χ1) is 8.72. The van der Waals surface area contributed by atoms with Crippen LogP contribution >= 0.6 is 15.9 Å². The smallest absolute Gasteiger partial charge is 0.102 e. The standard InChI is InChI=1S/C13H11BrN4/c1-17-13(11(14)7-16)10-8-18-5-3-2-4-12(18)9(10)6-15/h2-5,7-8,16-17H,1H3/b13-11+,16-7?. The van der Waals surface area contributed by atoms with Gasteiger partial charge in [-0.1, -0.05) is 6.07 Å². The SMILES string of the molecule is CN/C(=C(/Br)C=N)c1cn2ccccc2c1C#N. The van der Waals surface area contributed by atoms with Crippen molar-refractivity contribution >= 4 is 33.4 Å². The van der Waals surface area contributed by atoms with Crippen molar-refractivity contribution in [2.45, 2.75) is 0 Å². The van der Waals surface area contributed by atoms with Gasteiger partial charge in [0.1, 0.15) is 6.07 Å². The highest BCUT2D eigenvalue weighted by molar-refractivity contribution is 9.12. The number of rotatable bonds is 3. The molecule has 0 radical (unpaired) electrons. The van der Waals surface area contributed by atoms with E-state index in [-0.39, 0.29) is 0 Å². The second kappa shape index (κ2) is 5.07. The fourth-order valence-corrected chi connectivity index (χ4v) is 2.30. The van der Waals surface area contributed by atoms with Crippen molar-refractivity contribution in [2.75, 3.05) is 7.05 Å². The van der Waals surface area contributed by atoms with E-state index in [0.29, 0.717) is 10.0 Å². The van der Waals surface area contributed by atoms with E-state index in [9.17, 15) is 5.26 Å². The van der Waals surface area contributed by atoms with Gasteiger partial charge in [-0.3, -0.25) is 0 Å². The molecule has 90 valence electrons. The monoisotopic (exact) mass is 302 g/mol. The maximum absolute atomic E-state index is 9.32. The Hall–Kier alpha value is -2.06. The predicted molar refractivity (Wildman–Crippen MR) is 75.8 cm³/mol. The minimum absolute atomic E-state index is 0.596. The number of aromatic nitrogens is 1. The van der Waals surface area contributed by atoms with E-state index in [0.717, 1.165) is 16.8 Å². The molecule has 0 amide bonds. The predicted octanol–water partition coefficient (Wildman–Crippen LogP) is 2.74. The van der Waals surface area contributed by atoms with Crippen LogP contribution in [-0.4, -0.2) is 17.7 Å². The van der Waals surface area contributed by atoms with Gasteiger partial charge in [0.25, 0.3) is 0 Å². The summed E-state index contributed by atoms with van der Waals surface area (Å²) in [5.74, 6) is 0. The Labute approximate surface area is 113 Å². The summed E-state index contributed by atoms with van der Waals surface area (Å²) in [6, 6.07) is 7.92. The van der Waals surface area contributed by atoms with Gasteiger partial charge in [0.15, 0.2) is 0 Å². The van der Waals surface area contributed by atoms with Crippen LogP contribution in [0, 0.1) is 16.7 Å². The molecule has 0 atom stereocenters. The van der Waals surface area contributed by atoms with Crippen LogP contribution in [0.4, 0.5) is 0 Å². The van der Waals surface area contributed by atoms with Gasteiger partial charge in [-0.05, 0) is 28.1 Å². The van der Waals surface area contributed by atoms with Gasteiger partial charge in [0.2, 0.25) is 0 Å². The van der Waals surface area contributed by atoms with Crippen LogP contribution < -0.4 is 5.32 Å². The third-order valence-electron chi connectivity index (χ3n) is 2.68. The number of pyridine rings is 1. The van der Waals surface area contributed by atoms with E-state index in [1.165, 1.54) is 6.21 Å². The molecule has 2 heterocycles. The van der Waals surface area contributed by atoms with Crippen LogP contribution in [0.3, 0.4) is 0 Å². The third-order valence-corrected chi connectivity index (χ3v) is 3.31. The van der Waals surface area contributed by atoms with Crippen LogP contribution in [0.25, 0.3) is 11.2 Å². The summed E-state index contributed by atoms with van der Waals surface area (Å²) in [4.78, 5) is 0. The van der Waals surface area contributed by atoms with Crippen LogP contribution in [0.15, 0.2) is 35.1 Å². The van der Waals surface area contributed by atoms with Crippen molar-refractivity contribution in [3.63, 3.8) is 0 Å². The number of allylic oxidation sites excluding steroid dienone is 1. The molecule has 5 heteroatoms. The molecule has 18 heavy (non-hydrogen) atoms. The summed E-state index contributed by atoms with van der Waals surface area (Å²) in [6.45, 7) is 0. The summed E-state index contributed by atoms with van der Waals surface area (Å²) in [6.07, 6.45) is 4.98. The van der Waals surface area contributed by atoms with Crippen LogP contribution in [0.5, 0.6) is 0 Å². The van der Waals surface area contributed by atoms with Gasteiger partial charge < -0.3 is 15.1 Å². The van der Waals surface area contributed by atoms with Crippen LogP contribution in [0.1, 0.15) is 11.1 Å². The molecule has 0 saturated heterocycles. The highest BCUT2D eigenvalue weighted by Crippen LogP contribution is 2.26. The van der Waals surface area contributed by atoms with Crippen LogP contribution in [0.2, 0.25) is 0 Å². The Kier molecular flexibility index (Phi) is 3.49. The van der Waals surface area contributed by atoms with Gasteiger partial charge in [-0.2, -0.15) is 5.26 Å². The maximum Gasteiger partial charge on any atom is 0.102 e. The fraction of sp³-hybridized carbons (Fsp3) is 0.0769. The number of halogens is 1. The molecule has 0 aliphatic rings. The number of fused-ring (bicyclic) bond motifs is 1. The van der Waals surface area contributed by atoms with Crippen molar-refractivity contribution in [1.29, 1.82) is 10.7 Å². The molecule has 0 aromatic carbocycles. The molecule has 0 bridgehead atoms. The largest absolute Gasteiger partial charge is 0.387 e. The van der Waals surface area contributed by atoms with E-state index in [2.05, 4.69) is 27.3 Å². The molecule has 2 aromatic rings. The molecule has 2 N–H and O–H groups in total. The summed E-state index contributed by atoms with van der Waals surface area (Å²) in [5, 5.41) is 19.6. The molecule has 4 nitrogen and oxygen atoms in total. The number of nitrogens with one attached hydrogen (secondary N) is 2. The highest BCUT2D eigenvalue weighted by atomic mass is 79.9. The van der Waals surface area contributed by atoms with Crippen molar-refractivity contribution in [3.8, 4) is 6.07 Å². The Bertz CT molecular complexity index is 676. The number of hydrogen-bond donors (Lipinski definition) is 2. The lowest BCUT2D eigenvalue weighted by Crippen LogP contribution is -2.07. The molecule has 0 aliphatic heterocycles. The Balaban J connectivity index is 2.80. The van der Waals surface area contributed by atoms with Crippen molar-refractivity contribution in [3.05, 3.63) is 46.2 Å². The zero-order chi connectivity index (χ0) is 13.1. The highest BCUT2D eigenvalue weighted by Gasteiger charge is 2.14. The average molecular weight is 303 g/mol. The number of hydrogen-bond acceptors (Lipinski definition) is 3. The molecular formula is C13H11BrN4. The van der Waals surface area contributed by atoms with Crippen molar-refractivity contribution in [1.82, 2.24) is 9.72 Å². The molecule has 0 spiro atoms. The van der Waals surface area contributed by atoms with E-state index >= 15 is 0 Å². The first-order valence-corrected chi connectivity index (χ1v) is 6.10. The number of nitrogens with zero attached hydrogens (tertiary/aromatic N) is 2. The first kappa shape index (κ1) is 12.4. The minimum Gasteiger partial charge on any atom is -0.387 e. The summed E-state index contributed by atoms with van der Waals surface area (Å²) in [5.41, 5.74) is 2.96. The molecular weight excluding hydrogens is 292 g/mol. The van der Waals surface area contributed by atoms with Gasteiger partial charge >= 0.3 is 0 Å². The van der Waals surface area contributed by atoms with Gasteiger partial charge in [-0.15, -0.1) is 0 Å². The maximum atomic E-state index is 9.32. The first-order valence-electron chi connectivity index (χ1n) is 5.31. The Morgan fingerprint density at radius 1 is 1.56 bits per heavy atom. The van der Waals surface area contributed by atoms with Crippen molar-refractivity contribution < 1.29 is 0 Å². The lowest BCUT2D eigenvalue weighted by Gasteiger charge is -2.06. The number of nitriles is 1. The van der Waals surface area contributed by atoms with E-state index < -0.39 is 0 Å². The summed E-state index contributed by atoms with van der Waals surface area (Å²) >= 11 is 3.32. The minimum atomic E-state index is 0.596. The second-order valence-electron chi connectivity index (χ2n) is 3.64. The van der Waals surface area contributed by atoms with Crippen LogP contribution in [-0.2, 0) is 0 Å². The lowest BCUT2D eigenvalue weighted by atomic mass is 10.1. The van der Waals surface area contributed by atoms with E-state index in [1.807, 2.05) is 35.0 Å². The third kappa shape index (κ3) is 1.91. The molecule has 0 aliphatic carbocycles. The summed E-state index contributed by atoms with van der Waals surface area (Å²) in [7, 11) is 1.77. The molecule has 0 unspecified atom stereocenters. The zero-order valence-corrected chi connectivity index (χ0v) is 11.3. The lowest BCUT2D eigenvalue weighted by molar-refractivity contribution is 1.12. The molecule has 0 fully saturated rings. The Morgan fingerprint density at radius 3 is 2.94 bits per heavy atom. The molecule has 0 saturated carbocycles. The van der Waals surface area contributed by atoms with Gasteiger partial charge in [-0.25, -0.2) is 0 Å². The fourth-order valence-electron chi connectivity index (χ4n) is 1.88. The summed E-state index contributed by atoms with van der Waals surface area (Å²) < 4.78 is 2.51. The van der Waals surface area contributed by atoms with Gasteiger partial charge in [0.05, 0.1) is 21.3 Å². The van der Waals surface area contributed by atoms with E-state index in [4.69, 9.17) is 5.41 Å². The zero-order valence-electron chi connectivity index (χ0n) is 9.74. The van der Waals surface area contributed by atoms with E-state index in [1.54, 1.807) is 7.05 Å². The molecule has 2 rings (SSSR count). The normalized spacial score (nSPS) is 11.8. The van der Waals surface area contributed by atoms with Gasteiger partial charge in [0, 0.05) is 31.2 Å². The molecule has 2 aromatic heterocycles. The Morgan fingerprint density at radius 2 is 2.33 bits per heavy atom. The van der Waals surface area contributed by atoms with Crippen molar-refractivity contribution in [2.24, 2.45) is 0 Å². The quantitative estimate of drug-likeness (QED) is 0.856. The average Bonchev–Trinajstić information content (AvgIpc) is 2.77.